The largest absolute Gasteiger partial charge is 0.356 e. The minimum absolute atomic E-state index is 0.130. The van der Waals surface area contributed by atoms with E-state index in [1.54, 1.807) is 0 Å². The Kier molecular flexibility index (Phi) is 4.58. The van der Waals surface area contributed by atoms with Gasteiger partial charge in [-0.25, -0.2) is 0 Å². The van der Waals surface area contributed by atoms with Crippen LogP contribution in [0.1, 0.15) is 24.1 Å². The van der Waals surface area contributed by atoms with E-state index in [1.807, 2.05) is 18.2 Å². The molecule has 0 aliphatic carbocycles. The number of para-hydroxylation sites is 1. The van der Waals surface area contributed by atoms with E-state index in [1.165, 1.54) is 21.9 Å². The number of fused-ring (bicyclic) bond motifs is 1. The van der Waals surface area contributed by atoms with E-state index >= 15 is 0 Å². The first-order valence-electron chi connectivity index (χ1n) is 7.76. The maximum Gasteiger partial charge on any atom is 0.171 e. The van der Waals surface area contributed by atoms with Crippen LogP contribution in [0.15, 0.2) is 66.7 Å². The second-order valence-electron chi connectivity index (χ2n) is 5.70. The summed E-state index contributed by atoms with van der Waals surface area (Å²) in [4.78, 5) is 0. The molecule has 2 N–H and O–H groups in total. The summed E-state index contributed by atoms with van der Waals surface area (Å²) in [7, 11) is 0. The third-order valence-corrected chi connectivity index (χ3v) is 4.25. The zero-order valence-electron chi connectivity index (χ0n) is 13.3. The molecule has 1 atom stereocenters. The van der Waals surface area contributed by atoms with Crippen LogP contribution in [-0.2, 0) is 0 Å². The molecule has 3 heteroatoms. The standard InChI is InChI=1S/C20H20N2S/c1-14-8-3-6-13-19(14)22-20(23)21-15(2)17-12-7-10-16-9-4-5-11-18(16)17/h3-13,15H,1-2H3,(H2,21,22,23)/t15-/m1/s1. The van der Waals surface area contributed by atoms with Crippen molar-refractivity contribution in [2.75, 3.05) is 5.32 Å². The minimum atomic E-state index is 0.130. The van der Waals surface area contributed by atoms with Crippen molar-refractivity contribution in [3.05, 3.63) is 77.9 Å². The third kappa shape index (κ3) is 3.51. The SMILES string of the molecule is Cc1ccccc1NC(=S)N[C@H](C)c1cccc2ccccc12. The number of rotatable bonds is 3. The molecule has 0 amide bonds. The van der Waals surface area contributed by atoms with Gasteiger partial charge in [0.1, 0.15) is 0 Å². The van der Waals surface area contributed by atoms with Crippen LogP contribution >= 0.6 is 12.2 Å². The molecule has 116 valence electrons. The van der Waals surface area contributed by atoms with E-state index < -0.39 is 0 Å². The quantitative estimate of drug-likeness (QED) is 0.649. The van der Waals surface area contributed by atoms with E-state index in [9.17, 15) is 0 Å². The highest BCUT2D eigenvalue weighted by Gasteiger charge is 2.10. The Labute approximate surface area is 142 Å². The second kappa shape index (κ2) is 6.80. The Morgan fingerprint density at radius 1 is 0.913 bits per heavy atom. The summed E-state index contributed by atoms with van der Waals surface area (Å²) in [6.07, 6.45) is 0. The molecule has 0 aromatic heterocycles. The number of thiocarbonyl (C=S) groups is 1. The molecule has 0 saturated carbocycles. The monoisotopic (exact) mass is 320 g/mol. The highest BCUT2D eigenvalue weighted by molar-refractivity contribution is 7.80. The van der Waals surface area contributed by atoms with Crippen LogP contribution in [0, 0.1) is 6.92 Å². The van der Waals surface area contributed by atoms with Gasteiger partial charge in [-0.2, -0.15) is 0 Å². The van der Waals surface area contributed by atoms with Crippen LogP contribution in [-0.4, -0.2) is 5.11 Å². The summed E-state index contributed by atoms with van der Waals surface area (Å²) in [6, 6.07) is 23.1. The van der Waals surface area contributed by atoms with E-state index in [4.69, 9.17) is 12.2 Å². The molecule has 0 aliphatic rings. The maximum atomic E-state index is 5.47. The Hall–Kier alpha value is -2.39. The van der Waals surface area contributed by atoms with Crippen molar-refractivity contribution in [3.8, 4) is 0 Å². The summed E-state index contributed by atoms with van der Waals surface area (Å²) >= 11 is 5.47. The van der Waals surface area contributed by atoms with Crippen LogP contribution in [0.5, 0.6) is 0 Å². The van der Waals surface area contributed by atoms with Crippen LogP contribution < -0.4 is 10.6 Å². The smallest absolute Gasteiger partial charge is 0.171 e. The lowest BCUT2D eigenvalue weighted by molar-refractivity contribution is 0.729. The van der Waals surface area contributed by atoms with Crippen molar-refractivity contribution in [2.24, 2.45) is 0 Å². The molecule has 0 fully saturated rings. The van der Waals surface area contributed by atoms with E-state index in [0.29, 0.717) is 5.11 Å². The summed E-state index contributed by atoms with van der Waals surface area (Å²) in [5.74, 6) is 0. The summed E-state index contributed by atoms with van der Waals surface area (Å²) in [5, 5.41) is 9.81. The number of nitrogens with one attached hydrogen (secondary N) is 2. The van der Waals surface area contributed by atoms with Gasteiger partial charge in [0.2, 0.25) is 0 Å². The van der Waals surface area contributed by atoms with Gasteiger partial charge in [-0.3, -0.25) is 0 Å². The summed E-state index contributed by atoms with van der Waals surface area (Å²) < 4.78 is 0. The van der Waals surface area contributed by atoms with Gasteiger partial charge in [0.05, 0.1) is 6.04 Å². The van der Waals surface area contributed by atoms with Crippen LogP contribution in [0.4, 0.5) is 5.69 Å². The van der Waals surface area contributed by atoms with Gasteiger partial charge in [0, 0.05) is 5.69 Å². The lowest BCUT2D eigenvalue weighted by Gasteiger charge is -2.19. The molecule has 0 saturated heterocycles. The normalized spacial score (nSPS) is 11.9. The zero-order valence-corrected chi connectivity index (χ0v) is 14.2. The summed E-state index contributed by atoms with van der Waals surface area (Å²) in [6.45, 7) is 4.20. The predicted molar refractivity (Wildman–Crippen MR) is 103 cm³/mol. The molecule has 23 heavy (non-hydrogen) atoms. The Balaban J connectivity index is 1.77. The highest BCUT2D eigenvalue weighted by Crippen LogP contribution is 2.24. The molecular weight excluding hydrogens is 300 g/mol. The van der Waals surface area contributed by atoms with Gasteiger partial charge in [-0.1, -0.05) is 60.7 Å². The Bertz CT molecular complexity index is 836. The van der Waals surface area contributed by atoms with Gasteiger partial charge < -0.3 is 10.6 Å². The van der Waals surface area contributed by atoms with Gasteiger partial charge in [0.25, 0.3) is 0 Å². The fraction of sp³-hybridized carbons (Fsp3) is 0.150. The molecule has 3 aromatic carbocycles. The molecule has 0 radical (unpaired) electrons. The van der Waals surface area contributed by atoms with Crippen molar-refractivity contribution in [1.82, 2.24) is 5.32 Å². The first-order chi connectivity index (χ1) is 11.1. The summed E-state index contributed by atoms with van der Waals surface area (Å²) in [5.41, 5.74) is 3.46. The molecule has 3 rings (SSSR count). The topological polar surface area (TPSA) is 24.1 Å². The molecule has 0 aliphatic heterocycles. The lowest BCUT2D eigenvalue weighted by atomic mass is 10.00. The Morgan fingerprint density at radius 3 is 2.43 bits per heavy atom. The first kappa shape index (κ1) is 15.5. The molecule has 0 bridgehead atoms. The third-order valence-electron chi connectivity index (χ3n) is 4.03. The average Bonchev–Trinajstić information content (AvgIpc) is 2.56. The number of hydrogen-bond acceptors (Lipinski definition) is 1. The average molecular weight is 320 g/mol. The molecular formula is C20H20N2S. The Morgan fingerprint density at radius 2 is 1.61 bits per heavy atom. The van der Waals surface area contributed by atoms with Gasteiger partial charge in [0.15, 0.2) is 5.11 Å². The van der Waals surface area contributed by atoms with E-state index in [0.717, 1.165) is 5.69 Å². The first-order valence-corrected chi connectivity index (χ1v) is 8.17. The molecule has 0 unspecified atom stereocenters. The lowest BCUT2D eigenvalue weighted by Crippen LogP contribution is -2.31. The predicted octanol–water partition coefficient (Wildman–Crippen LogP) is 5.20. The van der Waals surface area contributed by atoms with E-state index in [-0.39, 0.29) is 6.04 Å². The minimum Gasteiger partial charge on any atom is -0.356 e. The number of hydrogen-bond donors (Lipinski definition) is 2. The molecule has 2 nitrogen and oxygen atoms in total. The van der Waals surface area contributed by atoms with Crippen molar-refractivity contribution >= 4 is 33.8 Å². The van der Waals surface area contributed by atoms with Crippen molar-refractivity contribution in [3.63, 3.8) is 0 Å². The number of benzene rings is 3. The van der Waals surface area contributed by atoms with Crippen molar-refractivity contribution in [1.29, 1.82) is 0 Å². The molecule has 0 heterocycles. The molecule has 0 spiro atoms. The maximum absolute atomic E-state index is 5.47. The van der Waals surface area contributed by atoms with Crippen LogP contribution in [0.2, 0.25) is 0 Å². The second-order valence-corrected chi connectivity index (χ2v) is 6.11. The van der Waals surface area contributed by atoms with Gasteiger partial charge in [-0.05, 0) is 54.0 Å². The number of anilines is 1. The zero-order chi connectivity index (χ0) is 16.2. The van der Waals surface area contributed by atoms with Gasteiger partial charge in [-0.15, -0.1) is 0 Å². The fourth-order valence-electron chi connectivity index (χ4n) is 2.77. The van der Waals surface area contributed by atoms with Crippen LogP contribution in [0.25, 0.3) is 10.8 Å². The van der Waals surface area contributed by atoms with E-state index in [2.05, 4.69) is 73.0 Å². The van der Waals surface area contributed by atoms with Gasteiger partial charge >= 0.3 is 0 Å². The molecule has 3 aromatic rings. The van der Waals surface area contributed by atoms with Crippen LogP contribution in [0.3, 0.4) is 0 Å². The number of aryl methyl sites for hydroxylation is 1. The van der Waals surface area contributed by atoms with Crippen molar-refractivity contribution < 1.29 is 0 Å². The van der Waals surface area contributed by atoms with Crippen molar-refractivity contribution in [2.45, 2.75) is 19.9 Å². The fourth-order valence-corrected chi connectivity index (χ4v) is 3.06. The highest BCUT2D eigenvalue weighted by atomic mass is 32.1.